The van der Waals surface area contributed by atoms with Crippen LogP contribution in [0.15, 0.2) is 12.1 Å². The first-order valence-electron chi connectivity index (χ1n) is 10.8. The Labute approximate surface area is 173 Å². The minimum Gasteiger partial charge on any atom is -0.508 e. The average molecular weight is 403 g/mol. The number of unbranched alkanes of at least 4 members (excludes halogenated alkanes) is 1. The highest BCUT2D eigenvalue weighted by Crippen LogP contribution is 2.51. The van der Waals surface area contributed by atoms with E-state index in [1.54, 1.807) is 19.9 Å². The van der Waals surface area contributed by atoms with E-state index >= 15 is 0 Å². The van der Waals surface area contributed by atoms with Crippen LogP contribution in [-0.2, 0) is 19.7 Å². The summed E-state index contributed by atoms with van der Waals surface area (Å²) >= 11 is 0. The van der Waals surface area contributed by atoms with Gasteiger partial charge in [-0.1, -0.05) is 13.3 Å². The Bertz CT molecular complexity index is 793. The van der Waals surface area contributed by atoms with Crippen LogP contribution in [0.25, 0.3) is 0 Å². The fourth-order valence-electron chi connectivity index (χ4n) is 4.65. The molecule has 0 radical (unpaired) electrons. The molecule has 0 saturated heterocycles. The predicted octanol–water partition coefficient (Wildman–Crippen LogP) is 5.03. The number of Topliss-reactive ketones (excluding diaryl/α,β-unsaturated/α-hetero) is 1. The van der Waals surface area contributed by atoms with Crippen LogP contribution in [0.4, 0.5) is 0 Å². The summed E-state index contributed by atoms with van der Waals surface area (Å²) < 4.78 is 11.8. The zero-order chi connectivity index (χ0) is 21.4. The quantitative estimate of drug-likeness (QED) is 0.552. The van der Waals surface area contributed by atoms with Crippen molar-refractivity contribution in [2.45, 2.75) is 90.1 Å². The number of aromatic hydroxyl groups is 1. The Kier molecular flexibility index (Phi) is 5.98. The van der Waals surface area contributed by atoms with Crippen LogP contribution >= 0.6 is 0 Å². The number of carbonyl (C=O) groups excluding carboxylic acids is 2. The first-order valence-corrected chi connectivity index (χ1v) is 10.8. The van der Waals surface area contributed by atoms with Crippen molar-refractivity contribution in [3.05, 3.63) is 23.3 Å². The fourth-order valence-corrected chi connectivity index (χ4v) is 4.65. The lowest BCUT2D eigenvalue weighted by atomic mass is 9.71. The number of ether oxygens (including phenoxy) is 2. The van der Waals surface area contributed by atoms with E-state index in [4.69, 9.17) is 9.47 Å². The largest absolute Gasteiger partial charge is 0.508 e. The number of fused-ring (bicyclic) bond motifs is 3. The molecule has 2 unspecified atom stereocenters. The second-order valence-electron chi connectivity index (χ2n) is 9.74. The zero-order valence-electron chi connectivity index (χ0n) is 18.3. The van der Waals surface area contributed by atoms with Crippen molar-refractivity contribution >= 4 is 11.8 Å². The highest BCUT2D eigenvalue weighted by atomic mass is 16.5. The van der Waals surface area contributed by atoms with Crippen molar-refractivity contribution < 1.29 is 24.2 Å². The summed E-state index contributed by atoms with van der Waals surface area (Å²) in [5, 5.41) is 11.0. The number of hydrogen-bond donors (Lipinski definition) is 1. The lowest BCUT2D eigenvalue weighted by Gasteiger charge is -2.32. The topological polar surface area (TPSA) is 72.8 Å². The van der Waals surface area contributed by atoms with Crippen molar-refractivity contribution in [1.29, 1.82) is 0 Å². The fraction of sp³-hybridized carbons (Fsp3) is 0.667. The number of phenols is 1. The van der Waals surface area contributed by atoms with Gasteiger partial charge in [-0.25, -0.2) is 0 Å². The molecule has 1 aromatic carbocycles. The normalized spacial score (nSPS) is 23.4. The van der Waals surface area contributed by atoms with Crippen LogP contribution in [0, 0.1) is 5.92 Å². The van der Waals surface area contributed by atoms with Gasteiger partial charge in [-0.2, -0.15) is 0 Å². The smallest absolute Gasteiger partial charge is 0.315 e. The first-order chi connectivity index (χ1) is 13.5. The third-order valence-corrected chi connectivity index (χ3v) is 6.40. The molecule has 1 aliphatic carbocycles. The van der Waals surface area contributed by atoms with Crippen molar-refractivity contribution in [2.75, 3.05) is 6.61 Å². The first kappa shape index (κ1) is 21.7. The summed E-state index contributed by atoms with van der Waals surface area (Å²) in [5.41, 5.74) is 0.0481. The summed E-state index contributed by atoms with van der Waals surface area (Å²) in [6.07, 6.45) is 4.47. The van der Waals surface area contributed by atoms with Gasteiger partial charge in [0.15, 0.2) is 0 Å². The van der Waals surface area contributed by atoms with Crippen LogP contribution in [0.5, 0.6) is 11.5 Å². The molecule has 2 aliphatic rings. The summed E-state index contributed by atoms with van der Waals surface area (Å²) in [6.45, 7) is 10.1. The molecule has 5 heteroatoms. The minimum atomic E-state index is -0.915. The number of esters is 1. The molecule has 1 N–H and O–H groups in total. The van der Waals surface area contributed by atoms with Crippen LogP contribution in [0.1, 0.15) is 90.2 Å². The molecule has 1 aliphatic heterocycles. The van der Waals surface area contributed by atoms with Gasteiger partial charge in [-0.05, 0) is 70.6 Å². The minimum absolute atomic E-state index is 0.0401. The molecule has 1 heterocycles. The van der Waals surface area contributed by atoms with E-state index in [1.807, 2.05) is 26.8 Å². The lowest BCUT2D eigenvalue weighted by Crippen LogP contribution is -2.32. The van der Waals surface area contributed by atoms with Crippen molar-refractivity contribution in [1.82, 2.24) is 0 Å². The standard InChI is InChI=1S/C24H34O5/c1-6-7-10-28-22(27)24(4,5)16-11-19(26)21-18-13-17(25)9-8-15(18)14-23(2,3)29-20(21)12-16/h11-12,15,18,26H,6-10,13-14H2,1-5H3. The van der Waals surface area contributed by atoms with Crippen LogP contribution in [0.2, 0.25) is 0 Å². The monoisotopic (exact) mass is 402 g/mol. The highest BCUT2D eigenvalue weighted by molar-refractivity contribution is 5.83. The number of benzene rings is 1. The van der Waals surface area contributed by atoms with Crippen molar-refractivity contribution in [2.24, 2.45) is 5.92 Å². The molecule has 1 saturated carbocycles. The predicted molar refractivity (Wildman–Crippen MR) is 111 cm³/mol. The molecule has 0 aromatic heterocycles. The van der Waals surface area contributed by atoms with E-state index in [9.17, 15) is 14.7 Å². The molecule has 1 fully saturated rings. The van der Waals surface area contributed by atoms with Gasteiger partial charge in [-0.3, -0.25) is 9.59 Å². The highest BCUT2D eigenvalue weighted by Gasteiger charge is 2.42. The Balaban J connectivity index is 2.01. The molecular weight excluding hydrogens is 368 g/mol. The number of hydrogen-bond acceptors (Lipinski definition) is 5. The Morgan fingerprint density at radius 1 is 1.34 bits per heavy atom. The molecule has 3 rings (SSSR count). The zero-order valence-corrected chi connectivity index (χ0v) is 18.3. The molecule has 2 atom stereocenters. The van der Waals surface area contributed by atoms with E-state index < -0.39 is 11.0 Å². The summed E-state index contributed by atoms with van der Waals surface area (Å²) in [6, 6.07) is 3.51. The number of ketones is 1. The van der Waals surface area contributed by atoms with Crippen molar-refractivity contribution in [3.63, 3.8) is 0 Å². The van der Waals surface area contributed by atoms with Crippen LogP contribution < -0.4 is 4.74 Å². The lowest BCUT2D eigenvalue weighted by molar-refractivity contribution is -0.149. The maximum absolute atomic E-state index is 12.7. The van der Waals surface area contributed by atoms with Gasteiger partial charge in [0.1, 0.15) is 22.9 Å². The summed E-state index contributed by atoms with van der Waals surface area (Å²) in [4.78, 5) is 24.9. The van der Waals surface area contributed by atoms with Gasteiger partial charge in [0.05, 0.1) is 12.0 Å². The van der Waals surface area contributed by atoms with Gasteiger partial charge in [0.25, 0.3) is 0 Å². The van der Waals surface area contributed by atoms with E-state index in [-0.39, 0.29) is 23.4 Å². The molecule has 5 nitrogen and oxygen atoms in total. The Morgan fingerprint density at radius 2 is 2.07 bits per heavy atom. The van der Waals surface area contributed by atoms with Crippen LogP contribution in [0.3, 0.4) is 0 Å². The van der Waals surface area contributed by atoms with Gasteiger partial charge < -0.3 is 14.6 Å². The van der Waals surface area contributed by atoms with Gasteiger partial charge in [0.2, 0.25) is 0 Å². The second kappa shape index (κ2) is 8.00. The number of carbonyl (C=O) groups is 2. The summed E-state index contributed by atoms with van der Waals surface area (Å²) in [7, 11) is 0. The third kappa shape index (κ3) is 4.44. The van der Waals surface area contributed by atoms with E-state index in [0.29, 0.717) is 42.2 Å². The number of rotatable bonds is 5. The van der Waals surface area contributed by atoms with Crippen LogP contribution in [-0.4, -0.2) is 29.1 Å². The van der Waals surface area contributed by atoms with Gasteiger partial charge >= 0.3 is 5.97 Å². The molecule has 0 bridgehead atoms. The molecule has 160 valence electrons. The van der Waals surface area contributed by atoms with E-state index in [2.05, 4.69) is 0 Å². The van der Waals surface area contributed by atoms with Gasteiger partial charge in [-0.15, -0.1) is 0 Å². The Morgan fingerprint density at radius 3 is 2.76 bits per heavy atom. The van der Waals surface area contributed by atoms with E-state index in [0.717, 1.165) is 25.7 Å². The number of phenolic OH excluding ortho intramolecular Hbond substituents is 1. The van der Waals surface area contributed by atoms with Crippen molar-refractivity contribution in [3.8, 4) is 11.5 Å². The summed E-state index contributed by atoms with van der Waals surface area (Å²) in [5.74, 6) is 0.870. The second-order valence-corrected chi connectivity index (χ2v) is 9.74. The maximum atomic E-state index is 12.7. The molecule has 1 aromatic rings. The molecular formula is C24H34O5. The third-order valence-electron chi connectivity index (χ3n) is 6.40. The average Bonchev–Trinajstić information content (AvgIpc) is 2.73. The maximum Gasteiger partial charge on any atom is 0.315 e. The Hall–Kier alpha value is -2.04. The SMILES string of the molecule is CCCCOC(=O)C(C)(C)c1cc(O)c2c(c1)OC(C)(C)CC1CCC(=O)CC21. The van der Waals surface area contributed by atoms with Gasteiger partial charge in [0, 0.05) is 24.3 Å². The molecule has 0 amide bonds. The molecule has 0 spiro atoms. The molecule has 29 heavy (non-hydrogen) atoms. The van der Waals surface area contributed by atoms with E-state index in [1.165, 1.54) is 0 Å².